The number of carbonyl (C=O) groups is 1. The maximum Gasteiger partial charge on any atom is 0.253 e. The van der Waals surface area contributed by atoms with Crippen LogP contribution in [0.25, 0.3) is 0 Å². The summed E-state index contributed by atoms with van der Waals surface area (Å²) in [6.07, 6.45) is 0.933. The number of methoxy groups -OCH3 is 1. The Kier molecular flexibility index (Phi) is 5.88. The first-order valence-electron chi connectivity index (χ1n) is 8.85. The largest absolute Gasteiger partial charge is 0.496 e. The molecule has 0 saturated carbocycles. The van der Waals surface area contributed by atoms with E-state index in [2.05, 4.69) is 17.0 Å². The Bertz CT molecular complexity index is 805. The molecule has 0 spiro atoms. The molecule has 0 aromatic heterocycles. The first kappa shape index (κ1) is 18.0. The van der Waals surface area contributed by atoms with E-state index in [0.717, 1.165) is 31.8 Å². The minimum Gasteiger partial charge on any atom is -0.496 e. The maximum absolute atomic E-state index is 12.6. The van der Waals surface area contributed by atoms with Crippen LogP contribution in [0.3, 0.4) is 0 Å². The van der Waals surface area contributed by atoms with Crippen molar-refractivity contribution in [3.63, 3.8) is 0 Å². The highest BCUT2D eigenvalue weighted by Gasteiger charge is 2.22. The van der Waals surface area contributed by atoms with Crippen molar-refractivity contribution >= 4 is 5.91 Å². The fourth-order valence-corrected chi connectivity index (χ4v) is 3.27. The van der Waals surface area contributed by atoms with Gasteiger partial charge in [-0.1, -0.05) is 24.3 Å². The molecule has 0 unspecified atom stereocenters. The highest BCUT2D eigenvalue weighted by Crippen LogP contribution is 2.18. The maximum atomic E-state index is 12.6. The van der Waals surface area contributed by atoms with Crippen molar-refractivity contribution in [2.45, 2.75) is 6.42 Å². The van der Waals surface area contributed by atoms with Crippen molar-refractivity contribution in [3.8, 4) is 11.8 Å². The summed E-state index contributed by atoms with van der Waals surface area (Å²) >= 11 is 0. The molecule has 0 N–H and O–H groups in total. The van der Waals surface area contributed by atoms with Crippen LogP contribution in [0, 0.1) is 11.3 Å². The van der Waals surface area contributed by atoms with E-state index in [4.69, 9.17) is 10.00 Å². The average molecular weight is 349 g/mol. The molecular formula is C21H23N3O2. The zero-order valence-corrected chi connectivity index (χ0v) is 15.0. The van der Waals surface area contributed by atoms with Crippen molar-refractivity contribution in [3.05, 3.63) is 65.2 Å². The average Bonchev–Trinajstić information content (AvgIpc) is 2.72. The number of carbonyl (C=O) groups excluding carboxylic acids is 1. The van der Waals surface area contributed by atoms with Crippen molar-refractivity contribution in [2.75, 3.05) is 39.8 Å². The van der Waals surface area contributed by atoms with Gasteiger partial charge in [0.15, 0.2) is 0 Å². The molecule has 2 aromatic carbocycles. The lowest BCUT2D eigenvalue weighted by Crippen LogP contribution is -2.49. The molecule has 0 atom stereocenters. The summed E-state index contributed by atoms with van der Waals surface area (Å²) in [5, 5.41) is 8.99. The predicted molar refractivity (Wildman–Crippen MR) is 100 cm³/mol. The standard InChI is InChI=1S/C21H23N3O2/c1-26-20-8-3-2-6-18(20)9-10-23-11-13-24(14-12-23)21(25)19-7-4-5-17(15-19)16-22/h2-8,15H,9-14H2,1H3. The zero-order chi connectivity index (χ0) is 18.4. The van der Waals surface area contributed by atoms with Crippen LogP contribution < -0.4 is 4.74 Å². The summed E-state index contributed by atoms with van der Waals surface area (Å²) in [6.45, 7) is 4.09. The number of benzene rings is 2. The molecular weight excluding hydrogens is 326 g/mol. The van der Waals surface area contributed by atoms with Gasteiger partial charge >= 0.3 is 0 Å². The van der Waals surface area contributed by atoms with Crippen LogP contribution in [-0.4, -0.2) is 55.5 Å². The first-order valence-corrected chi connectivity index (χ1v) is 8.85. The molecule has 26 heavy (non-hydrogen) atoms. The van der Waals surface area contributed by atoms with Crippen LogP contribution in [0.15, 0.2) is 48.5 Å². The second kappa shape index (κ2) is 8.50. The Labute approximate surface area is 154 Å². The summed E-state index contributed by atoms with van der Waals surface area (Å²) in [5.41, 5.74) is 2.32. The SMILES string of the molecule is COc1ccccc1CCN1CCN(C(=O)c2cccc(C#N)c2)CC1. The van der Waals surface area contributed by atoms with Crippen LogP contribution in [0.4, 0.5) is 0 Å². The Balaban J connectivity index is 1.52. The molecule has 3 rings (SSSR count). The highest BCUT2D eigenvalue weighted by atomic mass is 16.5. The van der Waals surface area contributed by atoms with E-state index in [1.807, 2.05) is 23.1 Å². The minimum absolute atomic E-state index is 0.00600. The molecule has 1 fully saturated rings. The highest BCUT2D eigenvalue weighted by molar-refractivity contribution is 5.94. The van der Waals surface area contributed by atoms with E-state index in [1.54, 1.807) is 31.4 Å². The van der Waals surface area contributed by atoms with Gasteiger partial charge in [0.25, 0.3) is 5.91 Å². The monoisotopic (exact) mass is 349 g/mol. The van der Waals surface area contributed by atoms with Gasteiger partial charge in [-0.15, -0.1) is 0 Å². The summed E-state index contributed by atoms with van der Waals surface area (Å²) in [6, 6.07) is 17.1. The van der Waals surface area contributed by atoms with E-state index in [0.29, 0.717) is 24.2 Å². The zero-order valence-electron chi connectivity index (χ0n) is 15.0. The topological polar surface area (TPSA) is 56.6 Å². The third kappa shape index (κ3) is 4.22. The Morgan fingerprint density at radius 3 is 2.62 bits per heavy atom. The number of hydrogen-bond acceptors (Lipinski definition) is 4. The second-order valence-corrected chi connectivity index (χ2v) is 6.39. The molecule has 0 radical (unpaired) electrons. The molecule has 0 bridgehead atoms. The number of nitrogens with zero attached hydrogens (tertiary/aromatic N) is 3. The molecule has 1 heterocycles. The number of piperazine rings is 1. The van der Waals surface area contributed by atoms with Crippen LogP contribution >= 0.6 is 0 Å². The van der Waals surface area contributed by atoms with Crippen molar-refractivity contribution < 1.29 is 9.53 Å². The van der Waals surface area contributed by atoms with Crippen LogP contribution in [-0.2, 0) is 6.42 Å². The smallest absolute Gasteiger partial charge is 0.253 e. The van der Waals surface area contributed by atoms with Crippen molar-refractivity contribution in [1.29, 1.82) is 5.26 Å². The lowest BCUT2D eigenvalue weighted by atomic mass is 10.1. The van der Waals surface area contributed by atoms with E-state index < -0.39 is 0 Å². The van der Waals surface area contributed by atoms with Gasteiger partial charge in [-0.3, -0.25) is 9.69 Å². The molecule has 5 nitrogen and oxygen atoms in total. The van der Waals surface area contributed by atoms with Gasteiger partial charge < -0.3 is 9.64 Å². The van der Waals surface area contributed by atoms with E-state index in [1.165, 1.54) is 5.56 Å². The normalized spacial score (nSPS) is 14.7. The van der Waals surface area contributed by atoms with Gasteiger partial charge in [0, 0.05) is 38.3 Å². The summed E-state index contributed by atoms with van der Waals surface area (Å²) in [4.78, 5) is 16.9. The third-order valence-electron chi connectivity index (χ3n) is 4.79. The number of rotatable bonds is 5. The van der Waals surface area contributed by atoms with E-state index >= 15 is 0 Å². The fourth-order valence-electron chi connectivity index (χ4n) is 3.27. The van der Waals surface area contributed by atoms with Gasteiger partial charge in [0.05, 0.1) is 18.7 Å². The number of ether oxygens (including phenoxy) is 1. The predicted octanol–water partition coefficient (Wildman–Crippen LogP) is 2.57. The summed E-state index contributed by atoms with van der Waals surface area (Å²) in [7, 11) is 1.70. The Hall–Kier alpha value is -2.84. The molecule has 2 aromatic rings. The van der Waals surface area contributed by atoms with E-state index in [9.17, 15) is 4.79 Å². The summed E-state index contributed by atoms with van der Waals surface area (Å²) < 4.78 is 5.41. The van der Waals surface area contributed by atoms with Crippen LogP contribution in [0.1, 0.15) is 21.5 Å². The van der Waals surface area contributed by atoms with Crippen molar-refractivity contribution in [2.24, 2.45) is 0 Å². The van der Waals surface area contributed by atoms with Gasteiger partial charge in [-0.25, -0.2) is 0 Å². The van der Waals surface area contributed by atoms with Crippen LogP contribution in [0.2, 0.25) is 0 Å². The number of amides is 1. The number of hydrogen-bond donors (Lipinski definition) is 0. The molecule has 0 aliphatic carbocycles. The van der Waals surface area contributed by atoms with Crippen LogP contribution in [0.5, 0.6) is 5.75 Å². The molecule has 1 saturated heterocycles. The second-order valence-electron chi connectivity index (χ2n) is 6.39. The lowest BCUT2D eigenvalue weighted by molar-refractivity contribution is 0.0638. The first-order chi connectivity index (χ1) is 12.7. The van der Waals surface area contributed by atoms with Crippen molar-refractivity contribution in [1.82, 2.24) is 9.80 Å². The van der Waals surface area contributed by atoms with Gasteiger partial charge in [-0.05, 0) is 36.2 Å². The molecule has 1 amide bonds. The fraction of sp³-hybridized carbons (Fsp3) is 0.333. The molecule has 1 aliphatic heterocycles. The third-order valence-corrected chi connectivity index (χ3v) is 4.79. The minimum atomic E-state index is 0.00600. The van der Waals surface area contributed by atoms with Gasteiger partial charge in [-0.2, -0.15) is 5.26 Å². The van der Waals surface area contributed by atoms with Gasteiger partial charge in [0.2, 0.25) is 0 Å². The lowest BCUT2D eigenvalue weighted by Gasteiger charge is -2.34. The Morgan fingerprint density at radius 1 is 1.12 bits per heavy atom. The Morgan fingerprint density at radius 2 is 1.88 bits per heavy atom. The number of nitriles is 1. The molecule has 134 valence electrons. The number of para-hydroxylation sites is 1. The quantitative estimate of drug-likeness (QED) is 0.832. The molecule has 1 aliphatic rings. The van der Waals surface area contributed by atoms with Gasteiger partial charge in [0.1, 0.15) is 5.75 Å². The van der Waals surface area contributed by atoms with E-state index in [-0.39, 0.29) is 5.91 Å². The molecule has 5 heteroatoms. The summed E-state index contributed by atoms with van der Waals surface area (Å²) in [5.74, 6) is 0.935.